The summed E-state index contributed by atoms with van der Waals surface area (Å²) in [6.07, 6.45) is 0.345. The van der Waals surface area contributed by atoms with Crippen molar-refractivity contribution in [2.75, 3.05) is 24.5 Å². The van der Waals surface area contributed by atoms with E-state index in [0.717, 1.165) is 18.7 Å². The van der Waals surface area contributed by atoms with E-state index in [2.05, 4.69) is 10.6 Å². The molecular formula is C15H21N3O2S. The molecular weight excluding hydrogens is 286 g/mol. The minimum absolute atomic E-state index is 0.101. The van der Waals surface area contributed by atoms with Gasteiger partial charge in [0, 0.05) is 13.1 Å². The second-order valence-corrected chi connectivity index (χ2v) is 5.20. The first-order valence-electron chi connectivity index (χ1n) is 7.26. The highest BCUT2D eigenvalue weighted by atomic mass is 32.1. The summed E-state index contributed by atoms with van der Waals surface area (Å²) in [6, 6.07) is 7.62. The standard InChI is InChI=1S/C15H21N3O2S/c1-3-9-17-14(19)13-10-18(15(21)16-4-2)11-7-5-6-8-12(11)20-13/h5-8,13H,3-4,9-10H2,1-2H3,(H,16,21)(H,17,19)/t13-/m0/s1. The number of carbonyl (C=O) groups is 1. The van der Waals surface area contributed by atoms with Gasteiger partial charge >= 0.3 is 0 Å². The molecule has 1 aromatic carbocycles. The number of hydrogen-bond acceptors (Lipinski definition) is 3. The van der Waals surface area contributed by atoms with Crippen molar-refractivity contribution >= 4 is 28.9 Å². The molecule has 0 aliphatic carbocycles. The quantitative estimate of drug-likeness (QED) is 0.829. The van der Waals surface area contributed by atoms with Crippen molar-refractivity contribution in [1.82, 2.24) is 10.6 Å². The lowest BCUT2D eigenvalue weighted by Gasteiger charge is -2.35. The van der Waals surface area contributed by atoms with E-state index in [4.69, 9.17) is 17.0 Å². The molecule has 21 heavy (non-hydrogen) atoms. The van der Waals surface area contributed by atoms with Gasteiger partial charge in [-0.1, -0.05) is 19.1 Å². The number of rotatable bonds is 4. The van der Waals surface area contributed by atoms with Crippen LogP contribution in [0.1, 0.15) is 20.3 Å². The van der Waals surface area contributed by atoms with Gasteiger partial charge in [-0.05, 0) is 37.7 Å². The van der Waals surface area contributed by atoms with Gasteiger partial charge in [0.15, 0.2) is 11.2 Å². The maximum atomic E-state index is 12.2. The molecule has 0 radical (unpaired) electrons. The van der Waals surface area contributed by atoms with E-state index in [-0.39, 0.29) is 5.91 Å². The minimum atomic E-state index is -0.553. The van der Waals surface area contributed by atoms with E-state index in [9.17, 15) is 4.79 Å². The molecule has 1 aliphatic rings. The fourth-order valence-electron chi connectivity index (χ4n) is 2.17. The van der Waals surface area contributed by atoms with E-state index >= 15 is 0 Å². The topological polar surface area (TPSA) is 53.6 Å². The van der Waals surface area contributed by atoms with Gasteiger partial charge in [-0.25, -0.2) is 0 Å². The predicted octanol–water partition coefficient (Wildman–Crippen LogP) is 1.67. The molecule has 0 saturated carbocycles. The summed E-state index contributed by atoms with van der Waals surface area (Å²) in [4.78, 5) is 14.1. The summed E-state index contributed by atoms with van der Waals surface area (Å²) >= 11 is 5.40. The first-order chi connectivity index (χ1) is 10.2. The third kappa shape index (κ3) is 3.64. The molecule has 5 nitrogen and oxygen atoms in total. The van der Waals surface area contributed by atoms with Crippen molar-refractivity contribution in [2.24, 2.45) is 0 Å². The van der Waals surface area contributed by atoms with Crippen molar-refractivity contribution in [3.8, 4) is 5.75 Å². The second kappa shape index (κ2) is 7.26. The van der Waals surface area contributed by atoms with Gasteiger partial charge in [0.1, 0.15) is 5.75 Å². The maximum absolute atomic E-state index is 12.2. The molecule has 0 spiro atoms. The molecule has 1 atom stereocenters. The normalized spacial score (nSPS) is 16.7. The minimum Gasteiger partial charge on any atom is -0.477 e. The fraction of sp³-hybridized carbons (Fsp3) is 0.467. The second-order valence-electron chi connectivity index (χ2n) is 4.81. The number of nitrogens with zero attached hydrogens (tertiary/aromatic N) is 1. The Bertz CT molecular complexity index is 521. The SMILES string of the molecule is CCCNC(=O)[C@@H]1CN(C(=S)NCC)c2ccccc2O1. The zero-order chi connectivity index (χ0) is 15.2. The Kier molecular flexibility index (Phi) is 5.38. The Hall–Kier alpha value is -1.82. The van der Waals surface area contributed by atoms with Crippen LogP contribution in [0, 0.1) is 0 Å². The average Bonchev–Trinajstić information content (AvgIpc) is 2.51. The average molecular weight is 307 g/mol. The lowest BCUT2D eigenvalue weighted by atomic mass is 10.2. The molecule has 114 valence electrons. The molecule has 1 aliphatic heterocycles. The van der Waals surface area contributed by atoms with Crippen molar-refractivity contribution < 1.29 is 9.53 Å². The van der Waals surface area contributed by atoms with Gasteiger partial charge in [0.25, 0.3) is 5.91 Å². The van der Waals surface area contributed by atoms with Crippen molar-refractivity contribution in [2.45, 2.75) is 26.4 Å². The van der Waals surface area contributed by atoms with Crippen molar-refractivity contribution in [3.63, 3.8) is 0 Å². The summed E-state index contributed by atoms with van der Waals surface area (Å²) < 4.78 is 5.81. The molecule has 0 aromatic heterocycles. The number of para-hydroxylation sites is 2. The van der Waals surface area contributed by atoms with Crippen LogP contribution in [-0.4, -0.2) is 36.8 Å². The van der Waals surface area contributed by atoms with Crippen LogP contribution >= 0.6 is 12.2 Å². The van der Waals surface area contributed by atoms with Gasteiger partial charge in [-0.3, -0.25) is 4.79 Å². The Morgan fingerprint density at radius 2 is 2.14 bits per heavy atom. The Morgan fingerprint density at radius 1 is 1.38 bits per heavy atom. The Labute approximate surface area is 130 Å². The van der Waals surface area contributed by atoms with Crippen LogP contribution in [-0.2, 0) is 4.79 Å². The number of amides is 1. The number of carbonyl (C=O) groups excluding carboxylic acids is 1. The molecule has 0 fully saturated rings. The van der Waals surface area contributed by atoms with E-state index in [1.54, 1.807) is 0 Å². The van der Waals surface area contributed by atoms with Gasteiger partial charge in [0.2, 0.25) is 0 Å². The fourth-order valence-corrected chi connectivity index (χ4v) is 2.49. The highest BCUT2D eigenvalue weighted by Crippen LogP contribution is 2.33. The highest BCUT2D eigenvalue weighted by Gasteiger charge is 2.32. The van der Waals surface area contributed by atoms with Gasteiger partial charge < -0.3 is 20.3 Å². The molecule has 1 amide bonds. The van der Waals surface area contributed by atoms with Crippen LogP contribution in [0.4, 0.5) is 5.69 Å². The highest BCUT2D eigenvalue weighted by molar-refractivity contribution is 7.80. The van der Waals surface area contributed by atoms with E-state index in [1.165, 1.54) is 0 Å². The monoisotopic (exact) mass is 307 g/mol. The molecule has 1 aromatic rings. The molecule has 6 heteroatoms. The zero-order valence-corrected chi connectivity index (χ0v) is 13.2. The first kappa shape index (κ1) is 15.6. The van der Waals surface area contributed by atoms with Gasteiger partial charge in [0.05, 0.1) is 12.2 Å². The number of fused-ring (bicyclic) bond motifs is 1. The summed E-state index contributed by atoms with van der Waals surface area (Å²) in [5.41, 5.74) is 0.892. The summed E-state index contributed by atoms with van der Waals surface area (Å²) in [6.45, 7) is 5.81. The van der Waals surface area contributed by atoms with Crippen LogP contribution < -0.4 is 20.3 Å². The number of ether oxygens (including phenoxy) is 1. The smallest absolute Gasteiger partial charge is 0.262 e. The lowest BCUT2D eigenvalue weighted by Crippen LogP contribution is -2.53. The molecule has 2 rings (SSSR count). The number of nitrogens with one attached hydrogen (secondary N) is 2. The van der Waals surface area contributed by atoms with Crippen molar-refractivity contribution in [1.29, 1.82) is 0 Å². The van der Waals surface area contributed by atoms with Crippen LogP contribution in [0.3, 0.4) is 0 Å². The van der Waals surface area contributed by atoms with Crippen LogP contribution in [0.5, 0.6) is 5.75 Å². The molecule has 2 N–H and O–H groups in total. The van der Waals surface area contributed by atoms with E-state index in [1.807, 2.05) is 43.0 Å². The summed E-state index contributed by atoms with van der Waals surface area (Å²) in [5.74, 6) is 0.580. The van der Waals surface area contributed by atoms with E-state index in [0.29, 0.717) is 24.0 Å². The third-order valence-electron chi connectivity index (χ3n) is 3.19. The summed E-state index contributed by atoms with van der Waals surface area (Å²) in [7, 11) is 0. The van der Waals surface area contributed by atoms with Gasteiger partial charge in [-0.15, -0.1) is 0 Å². The largest absolute Gasteiger partial charge is 0.477 e. The molecule has 0 bridgehead atoms. The Balaban J connectivity index is 2.20. The summed E-state index contributed by atoms with van der Waals surface area (Å²) in [5, 5.41) is 6.61. The zero-order valence-electron chi connectivity index (χ0n) is 12.4. The Morgan fingerprint density at radius 3 is 2.86 bits per heavy atom. The molecule has 1 heterocycles. The van der Waals surface area contributed by atoms with Crippen LogP contribution in [0.15, 0.2) is 24.3 Å². The first-order valence-corrected chi connectivity index (χ1v) is 7.67. The molecule has 0 saturated heterocycles. The number of hydrogen-bond donors (Lipinski definition) is 2. The number of thiocarbonyl (C=S) groups is 1. The van der Waals surface area contributed by atoms with E-state index < -0.39 is 6.10 Å². The maximum Gasteiger partial charge on any atom is 0.262 e. The van der Waals surface area contributed by atoms with Crippen molar-refractivity contribution in [3.05, 3.63) is 24.3 Å². The molecule has 0 unspecified atom stereocenters. The number of anilines is 1. The van der Waals surface area contributed by atoms with Crippen LogP contribution in [0.25, 0.3) is 0 Å². The van der Waals surface area contributed by atoms with Crippen LogP contribution in [0.2, 0.25) is 0 Å². The third-order valence-corrected chi connectivity index (χ3v) is 3.55. The van der Waals surface area contributed by atoms with Gasteiger partial charge in [-0.2, -0.15) is 0 Å². The lowest BCUT2D eigenvalue weighted by molar-refractivity contribution is -0.127. The number of benzene rings is 1. The predicted molar refractivity (Wildman–Crippen MR) is 87.8 cm³/mol.